The minimum absolute atomic E-state index is 0.0281. The molecule has 1 aromatic heterocycles. The minimum Gasteiger partial charge on any atom is -0.484 e. The topological polar surface area (TPSA) is 224 Å². The number of fused-ring (bicyclic) bond motifs is 1. The zero-order valence-electron chi connectivity index (χ0n) is 40.7. The number of hydrogen-bond donors (Lipinski definition) is 7. The maximum atomic E-state index is 14.6. The van der Waals surface area contributed by atoms with Gasteiger partial charge in [-0.3, -0.25) is 24.0 Å². The zero-order valence-corrected chi connectivity index (χ0v) is 41.5. The summed E-state index contributed by atoms with van der Waals surface area (Å²) in [6, 6.07) is 9.20. The summed E-state index contributed by atoms with van der Waals surface area (Å²) >= 11 is 1.45. The summed E-state index contributed by atoms with van der Waals surface area (Å²) in [6.45, 7) is 11.1. The van der Waals surface area contributed by atoms with Crippen LogP contribution in [0.15, 0.2) is 54.1 Å². The van der Waals surface area contributed by atoms with E-state index in [4.69, 9.17) is 14.9 Å². The third kappa shape index (κ3) is 14.2. The molecule has 69 heavy (non-hydrogen) atoms. The molecule has 0 radical (unpaired) electrons. The van der Waals surface area contributed by atoms with Crippen molar-refractivity contribution in [3.05, 3.63) is 76.4 Å². The number of alkyl halides is 1. The Balaban J connectivity index is 0.974. The lowest BCUT2D eigenvalue weighted by molar-refractivity contribution is -0.145. The summed E-state index contributed by atoms with van der Waals surface area (Å²) < 4.78 is 26.6. The normalized spacial score (nSPS) is 19.1. The summed E-state index contributed by atoms with van der Waals surface area (Å²) in [5, 5.41) is 33.9. The van der Waals surface area contributed by atoms with Crippen LogP contribution in [0.4, 0.5) is 4.39 Å². The Morgan fingerprint density at radius 3 is 2.39 bits per heavy atom. The first-order valence-corrected chi connectivity index (χ1v) is 25.0. The predicted octanol–water partition coefficient (Wildman–Crippen LogP) is 5.54. The third-order valence-electron chi connectivity index (χ3n) is 12.8. The monoisotopic (exact) mass is 972 g/mol. The Morgan fingerprint density at radius 1 is 1.01 bits per heavy atom. The summed E-state index contributed by atoms with van der Waals surface area (Å²) in [5.74, 6) is -1.72. The van der Waals surface area contributed by atoms with E-state index in [-0.39, 0.29) is 70.1 Å². The fourth-order valence-electron chi connectivity index (χ4n) is 8.55. The number of nitrogens with zero attached hydrogens (tertiary/aromatic N) is 2. The highest BCUT2D eigenvalue weighted by Gasteiger charge is 2.53. The molecule has 0 spiro atoms. The molecule has 374 valence electrons. The predicted molar refractivity (Wildman–Crippen MR) is 263 cm³/mol. The van der Waals surface area contributed by atoms with Crippen LogP contribution in [0.1, 0.15) is 114 Å². The molecule has 1 saturated heterocycles. The van der Waals surface area contributed by atoms with E-state index in [1.54, 1.807) is 38.4 Å². The zero-order chi connectivity index (χ0) is 49.9. The van der Waals surface area contributed by atoms with Crippen molar-refractivity contribution < 1.29 is 42.9 Å². The first kappa shape index (κ1) is 52.6. The second-order valence-electron chi connectivity index (χ2n) is 19.2. The van der Waals surface area contributed by atoms with Crippen LogP contribution in [-0.4, -0.2) is 113 Å². The van der Waals surface area contributed by atoms with Crippen molar-refractivity contribution in [2.24, 2.45) is 5.41 Å². The van der Waals surface area contributed by atoms with Crippen LogP contribution < -0.4 is 36.1 Å². The number of aliphatic hydroxyl groups is 1. The third-order valence-corrected chi connectivity index (χ3v) is 13.8. The SMILES string of the molecule is CC/C=C\C[C@H](N[C@@H]1CCc2ccc(OCC(=O)NCCCNC(=O)COc3cc(-c4scnc4C)ccc3CNC(=O)[C@@H]3C[C@@H](O)CN3C(=O)C(NC(=O)C3(F)CC3)C(C)(C)C)cc21)C(=N)CC. The number of aryl methyl sites for hydroxylation is 2. The number of aliphatic hydroxyl groups excluding tert-OH is 1. The van der Waals surface area contributed by atoms with E-state index in [0.717, 1.165) is 47.4 Å². The average molecular weight is 973 g/mol. The van der Waals surface area contributed by atoms with Gasteiger partial charge >= 0.3 is 0 Å². The van der Waals surface area contributed by atoms with E-state index in [1.807, 2.05) is 38.1 Å². The van der Waals surface area contributed by atoms with Gasteiger partial charge in [0.1, 0.15) is 23.6 Å². The van der Waals surface area contributed by atoms with Crippen LogP contribution in [0, 0.1) is 17.7 Å². The van der Waals surface area contributed by atoms with E-state index < -0.39 is 52.9 Å². The Labute approximate surface area is 408 Å². The first-order chi connectivity index (χ1) is 32.9. The van der Waals surface area contributed by atoms with Gasteiger partial charge in [0.25, 0.3) is 17.7 Å². The summed E-state index contributed by atoms with van der Waals surface area (Å²) in [6.07, 6.45) is 8.15. The van der Waals surface area contributed by atoms with Crippen molar-refractivity contribution >= 4 is 46.6 Å². The average Bonchev–Trinajstić information content (AvgIpc) is 3.57. The van der Waals surface area contributed by atoms with E-state index in [9.17, 15) is 33.5 Å². The molecule has 2 aromatic carbocycles. The molecule has 3 aromatic rings. The van der Waals surface area contributed by atoms with Gasteiger partial charge < -0.3 is 51.5 Å². The number of ether oxygens (including phenoxy) is 2. The van der Waals surface area contributed by atoms with Gasteiger partial charge in [0.05, 0.1) is 22.2 Å². The first-order valence-electron chi connectivity index (χ1n) is 24.1. The molecule has 6 rings (SSSR count). The van der Waals surface area contributed by atoms with Gasteiger partial charge in [-0.1, -0.05) is 65.0 Å². The Bertz CT molecular complexity index is 2360. The van der Waals surface area contributed by atoms with Gasteiger partial charge in [-0.2, -0.15) is 0 Å². The largest absolute Gasteiger partial charge is 0.484 e. The van der Waals surface area contributed by atoms with Gasteiger partial charge in [-0.15, -0.1) is 11.3 Å². The number of carbonyl (C=O) groups excluding carboxylic acids is 5. The lowest BCUT2D eigenvalue weighted by atomic mass is 9.85. The molecule has 2 fully saturated rings. The standard InChI is InChI=1S/C51H69FN8O8S/c1-7-9-10-12-40(38(53)8-2)58-39-18-16-32-15-17-36(25-37(32)39)67-28-43(62)54-21-11-22-55-44(63)29-68-42-23-33(45-31(3)57-30-69-45)13-14-34(42)26-56-47(64)41-24-35(61)27-60(41)48(65)46(50(4,5)6)59-49(66)51(52)19-20-51/h9-10,13-15,17,23,25,30,35,39-41,46,53,58,61H,7-8,11-12,16,18-22,24,26-29H2,1-6H3,(H,54,62)(H,55,63)(H,56,64)(H,59,66)/b10-9-,53-38?/t35-,39-,40+,41+,46?/m1/s1. The highest BCUT2D eigenvalue weighted by atomic mass is 32.1. The molecule has 1 unspecified atom stereocenters. The Kier molecular flexibility index (Phi) is 18.1. The number of halogens is 1. The molecular formula is C51H69FN8O8S. The van der Waals surface area contributed by atoms with Gasteiger partial charge in [0, 0.05) is 56.0 Å². The number of carbonyl (C=O) groups is 5. The molecule has 5 atom stereocenters. The van der Waals surface area contributed by atoms with Crippen LogP contribution in [0.25, 0.3) is 10.4 Å². The van der Waals surface area contributed by atoms with Crippen LogP contribution in [0.2, 0.25) is 0 Å². The number of thiazole rings is 1. The van der Waals surface area contributed by atoms with Crippen molar-refractivity contribution in [1.82, 2.24) is 36.5 Å². The minimum atomic E-state index is -2.00. The number of likely N-dealkylation sites (tertiary alicyclic amines) is 1. The maximum absolute atomic E-state index is 14.6. The van der Waals surface area contributed by atoms with E-state index in [0.29, 0.717) is 42.2 Å². The molecule has 7 N–H and O–H groups in total. The number of nitrogens with one attached hydrogen (secondary N) is 6. The van der Waals surface area contributed by atoms with Crippen molar-refractivity contribution in [2.45, 2.75) is 142 Å². The smallest absolute Gasteiger partial charge is 0.258 e. The molecule has 2 aliphatic carbocycles. The van der Waals surface area contributed by atoms with Crippen molar-refractivity contribution in [3.63, 3.8) is 0 Å². The number of aromatic nitrogens is 1. The quantitative estimate of drug-likeness (QED) is 0.0337. The molecule has 1 saturated carbocycles. The fraction of sp³-hybridized carbons (Fsp3) is 0.549. The number of β-amino-alcohol motifs (C(OH)–C–C–N with tert-alkyl or cyclic N) is 1. The number of hydrogen-bond acceptors (Lipinski definition) is 12. The molecule has 1 aliphatic heterocycles. The van der Waals surface area contributed by atoms with E-state index in [2.05, 4.69) is 50.6 Å². The molecular weight excluding hydrogens is 904 g/mol. The Hall–Kier alpha value is -5.72. The van der Waals surface area contributed by atoms with Gasteiger partial charge in [-0.05, 0) is 98.6 Å². The summed E-state index contributed by atoms with van der Waals surface area (Å²) in [7, 11) is 0. The molecule has 3 aliphatic rings. The molecule has 2 heterocycles. The lowest BCUT2D eigenvalue weighted by Gasteiger charge is -2.35. The van der Waals surface area contributed by atoms with Crippen molar-refractivity contribution in [3.8, 4) is 21.9 Å². The molecule has 0 bridgehead atoms. The summed E-state index contributed by atoms with van der Waals surface area (Å²) in [4.78, 5) is 72.6. The highest BCUT2D eigenvalue weighted by molar-refractivity contribution is 7.13. The van der Waals surface area contributed by atoms with E-state index in [1.165, 1.54) is 21.8 Å². The summed E-state index contributed by atoms with van der Waals surface area (Å²) in [5.41, 5.74) is 4.14. The Morgan fingerprint density at radius 2 is 1.74 bits per heavy atom. The second-order valence-corrected chi connectivity index (χ2v) is 20.1. The van der Waals surface area contributed by atoms with Crippen LogP contribution in [-0.2, 0) is 36.9 Å². The number of rotatable bonds is 24. The van der Waals surface area contributed by atoms with Crippen molar-refractivity contribution in [2.75, 3.05) is 32.8 Å². The second kappa shape index (κ2) is 23.7. The van der Waals surface area contributed by atoms with Crippen LogP contribution >= 0.6 is 11.3 Å². The van der Waals surface area contributed by atoms with Gasteiger partial charge in [0.15, 0.2) is 18.9 Å². The van der Waals surface area contributed by atoms with Gasteiger partial charge in [-0.25, -0.2) is 9.37 Å². The van der Waals surface area contributed by atoms with Crippen LogP contribution in [0.3, 0.4) is 0 Å². The number of allylic oxidation sites excluding steroid dienone is 1. The van der Waals surface area contributed by atoms with Gasteiger partial charge in [0.2, 0.25) is 11.8 Å². The highest BCUT2D eigenvalue weighted by Crippen LogP contribution is 2.41. The fourth-order valence-corrected chi connectivity index (χ4v) is 9.36. The molecule has 16 nitrogen and oxygen atoms in total. The molecule has 5 amide bonds. The lowest BCUT2D eigenvalue weighted by Crippen LogP contribution is -2.59. The maximum Gasteiger partial charge on any atom is 0.258 e. The number of benzene rings is 2. The molecule has 18 heteroatoms. The van der Waals surface area contributed by atoms with Crippen LogP contribution in [0.5, 0.6) is 11.5 Å². The van der Waals surface area contributed by atoms with E-state index >= 15 is 0 Å². The number of amides is 5. The van der Waals surface area contributed by atoms with Crippen molar-refractivity contribution in [1.29, 1.82) is 5.41 Å².